The Morgan fingerprint density at radius 2 is 1.67 bits per heavy atom. The molecule has 0 radical (unpaired) electrons. The maximum atomic E-state index is 13.7. The van der Waals surface area contributed by atoms with Crippen LogP contribution in [0.1, 0.15) is 35.6 Å². The van der Waals surface area contributed by atoms with Crippen molar-refractivity contribution in [2.75, 3.05) is 13.2 Å². The minimum absolute atomic E-state index is 0.0740. The van der Waals surface area contributed by atoms with Gasteiger partial charge in [-0.15, -0.1) is 0 Å². The van der Waals surface area contributed by atoms with E-state index in [0.717, 1.165) is 23.1 Å². The zero-order valence-electron chi connectivity index (χ0n) is 20.9. The molecule has 7 heteroatoms. The van der Waals surface area contributed by atoms with Crippen LogP contribution in [0.2, 0.25) is 10.0 Å². The maximum Gasteiger partial charge on any atom is 0.261 e. The first kappa shape index (κ1) is 27.6. The van der Waals surface area contributed by atoms with Crippen molar-refractivity contribution in [1.82, 2.24) is 10.2 Å². The van der Waals surface area contributed by atoms with Crippen LogP contribution in [0.15, 0.2) is 66.7 Å². The Morgan fingerprint density at radius 1 is 0.972 bits per heavy atom. The molecule has 0 saturated heterocycles. The fourth-order valence-electron chi connectivity index (χ4n) is 3.86. The molecule has 0 aliphatic rings. The largest absolute Gasteiger partial charge is 0.483 e. The van der Waals surface area contributed by atoms with Gasteiger partial charge in [-0.3, -0.25) is 9.59 Å². The summed E-state index contributed by atoms with van der Waals surface area (Å²) in [5.74, 6) is 0.0672. The third kappa shape index (κ3) is 7.49. The van der Waals surface area contributed by atoms with Gasteiger partial charge in [-0.1, -0.05) is 78.7 Å². The Bertz CT molecular complexity index is 1160. The van der Waals surface area contributed by atoms with Crippen LogP contribution in [-0.4, -0.2) is 35.9 Å². The van der Waals surface area contributed by atoms with Gasteiger partial charge in [0.05, 0.1) is 0 Å². The Hall–Kier alpha value is -3.02. The highest BCUT2D eigenvalue weighted by molar-refractivity contribution is 6.36. The molecule has 0 aromatic heterocycles. The molecule has 1 atom stereocenters. The van der Waals surface area contributed by atoms with Crippen molar-refractivity contribution >= 4 is 35.0 Å². The van der Waals surface area contributed by atoms with Gasteiger partial charge in [0.15, 0.2) is 6.61 Å². The first-order chi connectivity index (χ1) is 17.3. The number of carbonyl (C=O) groups excluding carboxylic acids is 2. The predicted octanol–water partition coefficient (Wildman–Crippen LogP) is 6.16. The fraction of sp³-hybridized carbons (Fsp3) is 0.310. The van der Waals surface area contributed by atoms with Gasteiger partial charge < -0.3 is 15.0 Å². The van der Waals surface area contributed by atoms with Crippen molar-refractivity contribution in [2.45, 2.75) is 46.2 Å². The van der Waals surface area contributed by atoms with Gasteiger partial charge in [0.25, 0.3) is 5.91 Å². The number of aryl methyl sites for hydroxylation is 2. The number of hydrogen-bond donors (Lipinski definition) is 1. The minimum atomic E-state index is -0.777. The van der Waals surface area contributed by atoms with Crippen molar-refractivity contribution in [2.24, 2.45) is 0 Å². The van der Waals surface area contributed by atoms with E-state index in [1.807, 2.05) is 69.3 Å². The van der Waals surface area contributed by atoms with Gasteiger partial charge in [0, 0.05) is 35.1 Å². The van der Waals surface area contributed by atoms with Crippen molar-refractivity contribution < 1.29 is 14.3 Å². The number of ether oxygens (including phenoxy) is 1. The van der Waals surface area contributed by atoms with Crippen LogP contribution >= 0.6 is 23.2 Å². The molecule has 0 spiro atoms. The van der Waals surface area contributed by atoms with Crippen LogP contribution in [0.4, 0.5) is 0 Å². The third-order valence-corrected chi connectivity index (χ3v) is 6.61. The molecule has 0 fully saturated rings. The molecule has 0 bridgehead atoms. The summed E-state index contributed by atoms with van der Waals surface area (Å²) >= 11 is 12.9. The second-order valence-corrected chi connectivity index (χ2v) is 9.59. The molecule has 3 aromatic carbocycles. The molecule has 2 amide bonds. The van der Waals surface area contributed by atoms with E-state index in [2.05, 4.69) is 5.32 Å². The molecular formula is C29H32Cl2N2O3. The Labute approximate surface area is 223 Å². The highest BCUT2D eigenvalue weighted by Gasteiger charge is 2.31. The molecule has 5 nitrogen and oxygen atoms in total. The molecule has 1 N–H and O–H groups in total. The zero-order chi connectivity index (χ0) is 26.1. The second-order valence-electron chi connectivity index (χ2n) is 8.78. The van der Waals surface area contributed by atoms with E-state index in [4.69, 9.17) is 27.9 Å². The molecule has 3 aromatic rings. The van der Waals surface area contributed by atoms with Crippen molar-refractivity contribution in [3.63, 3.8) is 0 Å². The summed E-state index contributed by atoms with van der Waals surface area (Å²) in [4.78, 5) is 28.6. The number of nitrogens with one attached hydrogen (secondary N) is 1. The quantitative estimate of drug-likeness (QED) is 0.325. The number of nitrogens with zero attached hydrogens (tertiary/aromatic N) is 1. The standard InChI is InChI=1S/C29H32Cl2N2O3/c1-4-15-32-29(35)26(17-22-9-6-5-7-10-22)33(18-23-24(30)11-8-12-25(23)31)28(34)19-36-27-16-20(2)13-14-21(27)3/h5-14,16,26H,4,15,17-19H2,1-3H3,(H,32,35)/t26-/m1/s1. The lowest BCUT2D eigenvalue weighted by Gasteiger charge is -2.32. The summed E-state index contributed by atoms with van der Waals surface area (Å²) in [6, 6.07) is 19.9. The minimum Gasteiger partial charge on any atom is -0.483 e. The molecule has 0 saturated carbocycles. The van der Waals surface area contributed by atoms with Gasteiger partial charge >= 0.3 is 0 Å². The number of hydrogen-bond acceptors (Lipinski definition) is 3. The number of carbonyl (C=O) groups is 2. The average molecular weight is 527 g/mol. The van der Waals surface area contributed by atoms with Crippen LogP contribution in [0.5, 0.6) is 5.75 Å². The maximum absolute atomic E-state index is 13.7. The van der Waals surface area contributed by atoms with Crippen LogP contribution < -0.4 is 10.1 Å². The molecular weight excluding hydrogens is 495 g/mol. The molecule has 3 rings (SSSR count). The summed E-state index contributed by atoms with van der Waals surface area (Å²) in [5.41, 5.74) is 3.48. The number of benzene rings is 3. The van der Waals surface area contributed by atoms with E-state index in [9.17, 15) is 9.59 Å². The van der Waals surface area contributed by atoms with Gasteiger partial charge in [-0.25, -0.2) is 0 Å². The van der Waals surface area contributed by atoms with Gasteiger partial charge in [-0.2, -0.15) is 0 Å². The molecule has 0 aliphatic heterocycles. The monoisotopic (exact) mass is 526 g/mol. The summed E-state index contributed by atoms with van der Waals surface area (Å²) in [6.07, 6.45) is 1.12. The molecule has 0 heterocycles. The second kappa shape index (κ2) is 13.3. The normalized spacial score (nSPS) is 11.6. The first-order valence-corrected chi connectivity index (χ1v) is 12.8. The smallest absolute Gasteiger partial charge is 0.261 e. The highest BCUT2D eigenvalue weighted by atomic mass is 35.5. The van der Waals surface area contributed by atoms with Gasteiger partial charge in [0.1, 0.15) is 11.8 Å². The number of rotatable bonds is 11. The van der Waals surface area contributed by atoms with Crippen LogP contribution in [0.3, 0.4) is 0 Å². The summed E-state index contributed by atoms with van der Waals surface area (Å²) in [6.45, 7) is 6.24. The van der Waals surface area contributed by atoms with Gasteiger partial charge in [0.2, 0.25) is 5.91 Å². The van der Waals surface area contributed by atoms with E-state index in [1.54, 1.807) is 18.2 Å². The Morgan fingerprint density at radius 3 is 2.33 bits per heavy atom. The molecule has 0 aliphatic carbocycles. The van der Waals surface area contributed by atoms with Crippen molar-refractivity contribution in [3.8, 4) is 5.75 Å². The average Bonchev–Trinajstić information content (AvgIpc) is 2.87. The van der Waals surface area contributed by atoms with E-state index >= 15 is 0 Å². The van der Waals surface area contributed by atoms with Gasteiger partial charge in [-0.05, 0) is 55.2 Å². The fourth-order valence-corrected chi connectivity index (χ4v) is 4.38. The molecule has 190 valence electrons. The zero-order valence-corrected chi connectivity index (χ0v) is 22.4. The SMILES string of the molecule is CCCNC(=O)[C@@H](Cc1ccccc1)N(Cc1c(Cl)cccc1Cl)C(=O)COc1cc(C)ccc1C. The van der Waals surface area contributed by atoms with Crippen LogP contribution in [-0.2, 0) is 22.6 Å². The van der Waals surface area contributed by atoms with Crippen LogP contribution in [0.25, 0.3) is 0 Å². The third-order valence-electron chi connectivity index (χ3n) is 5.91. The van der Waals surface area contributed by atoms with E-state index in [1.165, 1.54) is 4.90 Å². The lowest BCUT2D eigenvalue weighted by molar-refractivity contribution is -0.142. The van der Waals surface area contributed by atoms with E-state index < -0.39 is 6.04 Å². The van der Waals surface area contributed by atoms with E-state index in [0.29, 0.717) is 34.3 Å². The number of amides is 2. The van der Waals surface area contributed by atoms with E-state index in [-0.39, 0.29) is 25.0 Å². The molecule has 36 heavy (non-hydrogen) atoms. The predicted molar refractivity (Wildman–Crippen MR) is 146 cm³/mol. The van der Waals surface area contributed by atoms with Crippen molar-refractivity contribution in [3.05, 3.63) is 99.0 Å². The first-order valence-electron chi connectivity index (χ1n) is 12.0. The summed E-state index contributed by atoms with van der Waals surface area (Å²) in [5, 5.41) is 3.82. The Balaban J connectivity index is 1.96. The Kier molecular flexibility index (Phi) is 10.2. The van der Waals surface area contributed by atoms with Crippen LogP contribution in [0, 0.1) is 13.8 Å². The number of halogens is 2. The summed E-state index contributed by atoms with van der Waals surface area (Å²) < 4.78 is 5.93. The molecule has 0 unspecified atom stereocenters. The summed E-state index contributed by atoms with van der Waals surface area (Å²) in [7, 11) is 0. The lowest BCUT2D eigenvalue weighted by Crippen LogP contribution is -2.51. The highest BCUT2D eigenvalue weighted by Crippen LogP contribution is 2.27. The van der Waals surface area contributed by atoms with Crippen molar-refractivity contribution in [1.29, 1.82) is 0 Å². The topological polar surface area (TPSA) is 58.6 Å². The lowest BCUT2D eigenvalue weighted by atomic mass is 10.0.